The topological polar surface area (TPSA) is 63.7 Å². The first kappa shape index (κ1) is 19.3. The fraction of sp³-hybridized carbons (Fsp3) is 0.278. The highest BCUT2D eigenvalue weighted by molar-refractivity contribution is 7.92. The Hall–Kier alpha value is -2.05. The van der Waals surface area contributed by atoms with E-state index in [-0.39, 0.29) is 11.0 Å². The van der Waals surface area contributed by atoms with Crippen LogP contribution in [0, 0.1) is 6.92 Å². The van der Waals surface area contributed by atoms with Crippen molar-refractivity contribution in [2.75, 3.05) is 10.8 Å². The van der Waals surface area contributed by atoms with Gasteiger partial charge in [-0.25, -0.2) is 8.42 Å². The first-order valence-corrected chi connectivity index (χ1v) is 9.57. The first-order valence-electron chi connectivity index (χ1n) is 7.75. The number of rotatable bonds is 6. The Morgan fingerprint density at radius 1 is 1.16 bits per heavy atom. The first-order chi connectivity index (χ1) is 11.7. The molecule has 0 saturated carbocycles. The highest BCUT2D eigenvalue weighted by atomic mass is 35.5. The highest BCUT2D eigenvalue weighted by Crippen LogP contribution is 2.27. The van der Waals surface area contributed by atoms with Gasteiger partial charge >= 0.3 is 5.97 Å². The second-order valence-electron chi connectivity index (χ2n) is 5.80. The number of sulfonamides is 1. The zero-order valence-corrected chi connectivity index (χ0v) is 15.8. The van der Waals surface area contributed by atoms with Gasteiger partial charge in [-0.05, 0) is 56.7 Å². The van der Waals surface area contributed by atoms with Crippen LogP contribution in [-0.4, -0.2) is 27.0 Å². The monoisotopic (exact) mass is 381 g/mol. The van der Waals surface area contributed by atoms with Crippen molar-refractivity contribution in [3.63, 3.8) is 0 Å². The maximum atomic E-state index is 13.0. The van der Waals surface area contributed by atoms with Crippen LogP contribution >= 0.6 is 11.6 Å². The molecule has 0 amide bonds. The Kier molecular flexibility index (Phi) is 6.08. The van der Waals surface area contributed by atoms with Crippen molar-refractivity contribution in [2.45, 2.75) is 31.8 Å². The van der Waals surface area contributed by atoms with Crippen LogP contribution in [0.5, 0.6) is 0 Å². The van der Waals surface area contributed by atoms with Gasteiger partial charge in [-0.2, -0.15) is 0 Å². The molecule has 0 fully saturated rings. The standard InChI is InChI=1S/C18H20ClNO4S/c1-13(2)24-18(21)12-20(15-9-10-17(19)14(3)11-15)25(22,23)16-7-5-4-6-8-16/h4-11,13H,12H2,1-3H3. The lowest BCUT2D eigenvalue weighted by molar-refractivity contribution is -0.145. The van der Waals surface area contributed by atoms with Gasteiger partial charge in [0.15, 0.2) is 0 Å². The smallest absolute Gasteiger partial charge is 0.327 e. The van der Waals surface area contributed by atoms with Crippen LogP contribution in [0.25, 0.3) is 0 Å². The summed E-state index contributed by atoms with van der Waals surface area (Å²) in [7, 11) is -3.93. The molecule has 0 saturated heterocycles. The molecule has 0 aliphatic rings. The van der Waals surface area contributed by atoms with Gasteiger partial charge in [0, 0.05) is 5.02 Å². The molecule has 2 aromatic carbocycles. The molecule has 0 spiro atoms. The van der Waals surface area contributed by atoms with Crippen LogP contribution in [0.15, 0.2) is 53.4 Å². The molecular formula is C18H20ClNO4S. The van der Waals surface area contributed by atoms with Crippen LogP contribution in [0.4, 0.5) is 5.69 Å². The number of carbonyl (C=O) groups is 1. The van der Waals surface area contributed by atoms with E-state index in [9.17, 15) is 13.2 Å². The number of hydrogen-bond acceptors (Lipinski definition) is 4. The predicted molar refractivity (Wildman–Crippen MR) is 98.4 cm³/mol. The largest absolute Gasteiger partial charge is 0.462 e. The lowest BCUT2D eigenvalue weighted by Crippen LogP contribution is -2.37. The van der Waals surface area contributed by atoms with Gasteiger partial charge < -0.3 is 4.74 Å². The molecule has 2 aromatic rings. The number of benzene rings is 2. The second kappa shape index (κ2) is 7.89. The molecule has 0 radical (unpaired) electrons. The Morgan fingerprint density at radius 3 is 2.36 bits per heavy atom. The van der Waals surface area contributed by atoms with E-state index in [1.54, 1.807) is 57.2 Å². The minimum absolute atomic E-state index is 0.0972. The molecule has 134 valence electrons. The normalized spacial score (nSPS) is 11.4. The third kappa shape index (κ3) is 4.74. The zero-order chi connectivity index (χ0) is 18.6. The molecule has 0 aliphatic carbocycles. The van der Waals surface area contributed by atoms with Crippen molar-refractivity contribution in [3.05, 3.63) is 59.1 Å². The number of hydrogen-bond donors (Lipinski definition) is 0. The molecule has 0 unspecified atom stereocenters. The van der Waals surface area contributed by atoms with Crippen molar-refractivity contribution >= 4 is 33.3 Å². The summed E-state index contributed by atoms with van der Waals surface area (Å²) in [5.74, 6) is -0.623. The van der Waals surface area contributed by atoms with Crippen molar-refractivity contribution < 1.29 is 17.9 Å². The average Bonchev–Trinajstić information content (AvgIpc) is 2.55. The SMILES string of the molecule is Cc1cc(N(CC(=O)OC(C)C)S(=O)(=O)c2ccccc2)ccc1Cl. The second-order valence-corrected chi connectivity index (χ2v) is 8.07. The lowest BCUT2D eigenvalue weighted by atomic mass is 10.2. The Labute approximate surface area is 153 Å². The average molecular weight is 382 g/mol. The van der Waals surface area contributed by atoms with E-state index in [4.69, 9.17) is 16.3 Å². The Morgan fingerprint density at radius 2 is 1.80 bits per heavy atom. The third-order valence-corrected chi connectivity index (χ3v) is 5.61. The fourth-order valence-corrected chi connectivity index (χ4v) is 3.78. The van der Waals surface area contributed by atoms with Crippen LogP contribution in [-0.2, 0) is 19.6 Å². The maximum Gasteiger partial charge on any atom is 0.327 e. The Balaban J connectivity index is 2.48. The number of carbonyl (C=O) groups excluding carboxylic acids is 1. The minimum Gasteiger partial charge on any atom is -0.462 e. The van der Waals surface area contributed by atoms with Gasteiger partial charge in [0.25, 0.3) is 10.0 Å². The number of ether oxygens (including phenoxy) is 1. The van der Waals surface area contributed by atoms with E-state index in [2.05, 4.69) is 0 Å². The molecule has 0 aliphatic heterocycles. The van der Waals surface area contributed by atoms with Crippen LogP contribution in [0.1, 0.15) is 19.4 Å². The molecule has 2 rings (SSSR count). The lowest BCUT2D eigenvalue weighted by Gasteiger charge is -2.24. The van der Waals surface area contributed by atoms with Gasteiger partial charge in [0.1, 0.15) is 6.54 Å². The van der Waals surface area contributed by atoms with Gasteiger partial charge in [-0.3, -0.25) is 9.10 Å². The minimum atomic E-state index is -3.93. The number of aryl methyl sites for hydroxylation is 1. The zero-order valence-electron chi connectivity index (χ0n) is 14.3. The maximum absolute atomic E-state index is 13.0. The molecule has 0 aromatic heterocycles. The summed E-state index contributed by atoms with van der Waals surface area (Å²) in [5.41, 5.74) is 1.07. The van der Waals surface area contributed by atoms with Gasteiger partial charge in [0.05, 0.1) is 16.7 Å². The van der Waals surface area contributed by atoms with E-state index in [0.29, 0.717) is 16.3 Å². The van der Waals surface area contributed by atoms with Gasteiger partial charge in [-0.1, -0.05) is 29.8 Å². The fourth-order valence-electron chi connectivity index (χ4n) is 2.24. The molecular weight excluding hydrogens is 362 g/mol. The number of nitrogens with zero attached hydrogens (tertiary/aromatic N) is 1. The summed E-state index contributed by atoms with van der Waals surface area (Å²) in [4.78, 5) is 12.2. The molecule has 0 bridgehead atoms. The molecule has 5 nitrogen and oxygen atoms in total. The Bertz CT molecular complexity index is 851. The summed E-state index contributed by atoms with van der Waals surface area (Å²) in [6.07, 6.45) is -0.333. The molecule has 0 N–H and O–H groups in total. The number of esters is 1. The van der Waals surface area contributed by atoms with E-state index in [1.165, 1.54) is 12.1 Å². The summed E-state index contributed by atoms with van der Waals surface area (Å²) in [6, 6.07) is 12.8. The van der Waals surface area contributed by atoms with E-state index >= 15 is 0 Å². The van der Waals surface area contributed by atoms with Crippen LogP contribution in [0.2, 0.25) is 5.02 Å². The van der Waals surface area contributed by atoms with Gasteiger partial charge in [0.2, 0.25) is 0 Å². The summed E-state index contributed by atoms with van der Waals surface area (Å²) < 4.78 is 32.2. The molecule has 25 heavy (non-hydrogen) atoms. The van der Waals surface area contributed by atoms with E-state index in [0.717, 1.165) is 4.31 Å². The predicted octanol–water partition coefficient (Wildman–Crippen LogP) is 3.80. The van der Waals surface area contributed by atoms with Crippen molar-refractivity contribution in [3.8, 4) is 0 Å². The molecule has 0 heterocycles. The van der Waals surface area contributed by atoms with E-state index in [1.807, 2.05) is 0 Å². The molecule has 7 heteroatoms. The van der Waals surface area contributed by atoms with Gasteiger partial charge in [-0.15, -0.1) is 0 Å². The van der Waals surface area contributed by atoms with Crippen LogP contribution in [0.3, 0.4) is 0 Å². The van der Waals surface area contributed by atoms with Crippen molar-refractivity contribution in [2.24, 2.45) is 0 Å². The van der Waals surface area contributed by atoms with Crippen molar-refractivity contribution in [1.82, 2.24) is 0 Å². The summed E-state index contributed by atoms with van der Waals surface area (Å²) >= 11 is 6.03. The van der Waals surface area contributed by atoms with Crippen molar-refractivity contribution in [1.29, 1.82) is 0 Å². The van der Waals surface area contributed by atoms with Crippen LogP contribution < -0.4 is 4.31 Å². The summed E-state index contributed by atoms with van der Waals surface area (Å²) in [5, 5.41) is 0.519. The molecule has 0 atom stereocenters. The third-order valence-electron chi connectivity index (χ3n) is 3.40. The quantitative estimate of drug-likeness (QED) is 0.714. The summed E-state index contributed by atoms with van der Waals surface area (Å²) in [6.45, 7) is 4.77. The number of anilines is 1. The van der Waals surface area contributed by atoms with E-state index < -0.39 is 22.5 Å². The number of halogens is 1. The highest BCUT2D eigenvalue weighted by Gasteiger charge is 2.28.